The van der Waals surface area contributed by atoms with Crippen LogP contribution in [0.3, 0.4) is 0 Å². The molecule has 1 fully saturated rings. The Hall–Kier alpha value is -3.36. The maximum Gasteiger partial charge on any atom is 0.417 e. The number of aromatic nitrogens is 5. The van der Waals surface area contributed by atoms with E-state index in [9.17, 15) is 13.2 Å². The van der Waals surface area contributed by atoms with Crippen LogP contribution in [0.25, 0.3) is 28.0 Å². The van der Waals surface area contributed by atoms with Crippen molar-refractivity contribution in [3.05, 3.63) is 53.5 Å². The molecule has 6 nitrogen and oxygen atoms in total. The fourth-order valence-corrected chi connectivity index (χ4v) is 4.07. The molecule has 32 heavy (non-hydrogen) atoms. The van der Waals surface area contributed by atoms with Crippen LogP contribution >= 0.6 is 0 Å². The molecule has 3 heterocycles. The van der Waals surface area contributed by atoms with Crippen molar-refractivity contribution in [1.29, 1.82) is 0 Å². The number of nitrogens with zero attached hydrogens (tertiary/aromatic N) is 5. The summed E-state index contributed by atoms with van der Waals surface area (Å²) in [6, 6.07) is 8.18. The highest BCUT2D eigenvalue weighted by molar-refractivity contribution is 5.88. The molecule has 3 aromatic heterocycles. The first-order chi connectivity index (χ1) is 15.3. The number of methoxy groups -OCH3 is 1. The number of pyridine rings is 1. The van der Waals surface area contributed by atoms with Crippen LogP contribution in [0.5, 0.6) is 5.75 Å². The maximum absolute atomic E-state index is 14.3. The van der Waals surface area contributed by atoms with E-state index >= 15 is 0 Å². The number of ether oxygens (including phenoxy) is 1. The first-order valence-electron chi connectivity index (χ1n) is 10.5. The van der Waals surface area contributed by atoms with Gasteiger partial charge in [0.15, 0.2) is 5.65 Å². The average molecular weight is 441 g/mol. The quantitative estimate of drug-likeness (QED) is 0.409. The predicted molar refractivity (Wildman–Crippen MR) is 114 cm³/mol. The summed E-state index contributed by atoms with van der Waals surface area (Å²) in [6.07, 6.45) is -1.31. The smallest absolute Gasteiger partial charge is 0.417 e. The van der Waals surface area contributed by atoms with Gasteiger partial charge in [-0.1, -0.05) is 0 Å². The van der Waals surface area contributed by atoms with Gasteiger partial charge < -0.3 is 4.74 Å². The van der Waals surface area contributed by atoms with Gasteiger partial charge in [0.2, 0.25) is 0 Å². The van der Waals surface area contributed by atoms with Gasteiger partial charge in [0.1, 0.15) is 5.75 Å². The summed E-state index contributed by atoms with van der Waals surface area (Å²) in [5.41, 5.74) is 2.16. The SMILES string of the molecule is CCn1ncc(-c2cc(C(F)(F)F)c3c(C4CC4)nn(-c4ccc(OC)cc4)c3n2)c1C. The Morgan fingerprint density at radius 1 is 1.16 bits per heavy atom. The number of alkyl halides is 3. The van der Waals surface area contributed by atoms with Gasteiger partial charge in [0, 0.05) is 23.7 Å². The van der Waals surface area contributed by atoms with Crippen LogP contribution in [-0.2, 0) is 12.7 Å². The molecule has 5 rings (SSSR count). The van der Waals surface area contributed by atoms with Crippen LogP contribution in [-0.4, -0.2) is 31.7 Å². The molecule has 0 saturated heterocycles. The van der Waals surface area contributed by atoms with Gasteiger partial charge in [-0.05, 0) is 57.0 Å². The van der Waals surface area contributed by atoms with E-state index in [1.165, 1.54) is 4.68 Å². The standard InChI is InChI=1S/C23H22F3N5O/c1-4-30-13(2)17(12-27-30)19-11-18(23(24,25)26)20-21(14-5-6-14)29-31(22(20)28-19)15-7-9-16(32-3)10-8-15/h7-12,14H,4-6H2,1-3H3. The van der Waals surface area contributed by atoms with Gasteiger partial charge in [-0.15, -0.1) is 0 Å². The first kappa shape index (κ1) is 20.5. The molecule has 1 saturated carbocycles. The highest BCUT2D eigenvalue weighted by Gasteiger charge is 2.39. The molecule has 0 radical (unpaired) electrons. The molecular weight excluding hydrogens is 419 g/mol. The largest absolute Gasteiger partial charge is 0.497 e. The molecule has 0 bridgehead atoms. The normalized spacial score (nSPS) is 14.3. The summed E-state index contributed by atoms with van der Waals surface area (Å²) in [5, 5.41) is 8.99. The lowest BCUT2D eigenvalue weighted by Crippen LogP contribution is -2.08. The first-order valence-corrected chi connectivity index (χ1v) is 10.5. The third-order valence-corrected chi connectivity index (χ3v) is 5.93. The fraction of sp³-hybridized carbons (Fsp3) is 0.348. The molecule has 0 unspecified atom stereocenters. The van der Waals surface area contributed by atoms with Crippen LogP contribution < -0.4 is 4.74 Å². The molecule has 0 spiro atoms. The van der Waals surface area contributed by atoms with Crippen molar-refractivity contribution in [2.75, 3.05) is 7.11 Å². The molecule has 0 aliphatic heterocycles. The van der Waals surface area contributed by atoms with E-state index in [0.29, 0.717) is 29.2 Å². The highest BCUT2D eigenvalue weighted by Crippen LogP contribution is 2.47. The Labute approximate surface area is 182 Å². The van der Waals surface area contributed by atoms with E-state index in [1.54, 1.807) is 42.3 Å². The van der Waals surface area contributed by atoms with Crippen LogP contribution in [0.15, 0.2) is 36.5 Å². The van der Waals surface area contributed by atoms with Gasteiger partial charge in [-0.25, -0.2) is 9.67 Å². The lowest BCUT2D eigenvalue weighted by molar-refractivity contribution is -0.136. The Balaban J connectivity index is 1.81. The zero-order chi connectivity index (χ0) is 22.6. The summed E-state index contributed by atoms with van der Waals surface area (Å²) >= 11 is 0. The van der Waals surface area contributed by atoms with Gasteiger partial charge in [0.05, 0.1) is 41.3 Å². The van der Waals surface area contributed by atoms with E-state index in [-0.39, 0.29) is 22.6 Å². The van der Waals surface area contributed by atoms with E-state index in [1.807, 2.05) is 13.8 Å². The Kier molecular flexibility index (Phi) is 4.72. The minimum atomic E-state index is -4.54. The van der Waals surface area contributed by atoms with Crippen molar-refractivity contribution in [3.63, 3.8) is 0 Å². The number of hydrogen-bond acceptors (Lipinski definition) is 4. The predicted octanol–water partition coefficient (Wildman–Crippen LogP) is 5.52. The molecule has 9 heteroatoms. The Morgan fingerprint density at radius 2 is 1.88 bits per heavy atom. The molecule has 166 valence electrons. The second kappa shape index (κ2) is 7.36. The van der Waals surface area contributed by atoms with Crippen molar-refractivity contribution in [1.82, 2.24) is 24.5 Å². The van der Waals surface area contributed by atoms with Crippen LogP contribution in [0.1, 0.15) is 42.6 Å². The molecule has 1 aliphatic rings. The van der Waals surface area contributed by atoms with Crippen LogP contribution in [0, 0.1) is 6.92 Å². The van der Waals surface area contributed by atoms with E-state index in [2.05, 4.69) is 10.2 Å². The van der Waals surface area contributed by atoms with Crippen molar-refractivity contribution in [2.45, 2.75) is 45.3 Å². The second-order valence-corrected chi connectivity index (χ2v) is 7.98. The molecule has 0 amide bonds. The van der Waals surface area contributed by atoms with Crippen molar-refractivity contribution >= 4 is 11.0 Å². The molecular formula is C23H22F3N5O. The molecule has 1 aromatic carbocycles. The molecule has 4 aromatic rings. The summed E-state index contributed by atoms with van der Waals surface area (Å²) in [6.45, 7) is 4.39. The van der Waals surface area contributed by atoms with Crippen LogP contribution in [0.4, 0.5) is 13.2 Å². The molecule has 1 aliphatic carbocycles. The monoisotopic (exact) mass is 441 g/mol. The summed E-state index contributed by atoms with van der Waals surface area (Å²) < 4.78 is 51.2. The third-order valence-electron chi connectivity index (χ3n) is 5.93. The lowest BCUT2D eigenvalue weighted by atomic mass is 10.0. The topological polar surface area (TPSA) is 57.8 Å². The van der Waals surface area contributed by atoms with Gasteiger partial charge in [-0.2, -0.15) is 23.4 Å². The summed E-state index contributed by atoms with van der Waals surface area (Å²) in [5.74, 6) is 0.676. The van der Waals surface area contributed by atoms with Gasteiger partial charge >= 0.3 is 6.18 Å². The zero-order valence-electron chi connectivity index (χ0n) is 17.9. The number of hydrogen-bond donors (Lipinski definition) is 0. The van der Waals surface area contributed by atoms with Crippen molar-refractivity contribution in [2.24, 2.45) is 0 Å². The Morgan fingerprint density at radius 3 is 2.44 bits per heavy atom. The summed E-state index contributed by atoms with van der Waals surface area (Å²) in [4.78, 5) is 4.69. The number of fused-ring (bicyclic) bond motifs is 1. The maximum atomic E-state index is 14.3. The molecule has 0 N–H and O–H groups in total. The fourth-order valence-electron chi connectivity index (χ4n) is 4.07. The van der Waals surface area contributed by atoms with Gasteiger partial charge in [0.25, 0.3) is 0 Å². The second-order valence-electron chi connectivity index (χ2n) is 7.98. The average Bonchev–Trinajstić information content (AvgIpc) is 3.45. The molecule has 0 atom stereocenters. The summed E-state index contributed by atoms with van der Waals surface area (Å²) in [7, 11) is 1.56. The lowest BCUT2D eigenvalue weighted by Gasteiger charge is -2.12. The number of halogens is 3. The van der Waals surface area contributed by atoms with E-state index in [0.717, 1.165) is 24.6 Å². The zero-order valence-corrected chi connectivity index (χ0v) is 17.9. The minimum absolute atomic E-state index is 0.0235. The highest BCUT2D eigenvalue weighted by atomic mass is 19.4. The van der Waals surface area contributed by atoms with Crippen molar-refractivity contribution in [3.8, 4) is 22.7 Å². The number of benzene rings is 1. The van der Waals surface area contributed by atoms with Crippen molar-refractivity contribution < 1.29 is 17.9 Å². The Bertz CT molecular complexity index is 1300. The van der Waals surface area contributed by atoms with E-state index < -0.39 is 11.7 Å². The number of rotatable bonds is 5. The van der Waals surface area contributed by atoms with Crippen LogP contribution in [0.2, 0.25) is 0 Å². The third kappa shape index (κ3) is 3.32. The minimum Gasteiger partial charge on any atom is -0.497 e. The van der Waals surface area contributed by atoms with Gasteiger partial charge in [-0.3, -0.25) is 4.68 Å². The number of aryl methyl sites for hydroxylation is 1. The van der Waals surface area contributed by atoms with E-state index in [4.69, 9.17) is 9.72 Å².